The minimum Gasteiger partial charge on any atom is -0.380 e. The monoisotopic (exact) mass is 201 g/mol. The average molecular weight is 201 g/mol. The summed E-state index contributed by atoms with van der Waals surface area (Å²) in [5.74, 6) is 0.392. The van der Waals surface area contributed by atoms with Gasteiger partial charge in [0.05, 0.1) is 0 Å². The smallest absolute Gasteiger partial charge is 0.161 e. The van der Waals surface area contributed by atoms with Crippen molar-refractivity contribution in [3.05, 3.63) is 53.9 Å². The highest BCUT2D eigenvalue weighted by Crippen LogP contribution is 2.16. The minimum atomic E-state index is -0.806. The molecule has 0 aromatic carbocycles. The van der Waals surface area contributed by atoms with Gasteiger partial charge in [-0.15, -0.1) is 0 Å². The van der Waals surface area contributed by atoms with Crippen LogP contribution in [0.3, 0.4) is 0 Å². The standard InChI is InChI=1S/C11H11N3O/c1-8-3-4-9(7-14-8)10(15)11-12-5-2-6-13-11/h2-7,10,15H,1H3. The molecule has 0 saturated carbocycles. The summed E-state index contributed by atoms with van der Waals surface area (Å²) >= 11 is 0. The van der Waals surface area contributed by atoms with Crippen molar-refractivity contribution in [1.29, 1.82) is 0 Å². The Bertz CT molecular complexity index is 427. The highest BCUT2D eigenvalue weighted by Gasteiger charge is 2.12. The van der Waals surface area contributed by atoms with Crippen molar-refractivity contribution in [3.63, 3.8) is 0 Å². The van der Waals surface area contributed by atoms with Crippen LogP contribution in [0.15, 0.2) is 36.8 Å². The SMILES string of the molecule is Cc1ccc(C(O)c2ncccn2)cn1. The summed E-state index contributed by atoms with van der Waals surface area (Å²) in [4.78, 5) is 12.1. The quantitative estimate of drug-likeness (QED) is 0.794. The largest absolute Gasteiger partial charge is 0.380 e. The average Bonchev–Trinajstić information content (AvgIpc) is 2.30. The summed E-state index contributed by atoms with van der Waals surface area (Å²) in [6.07, 6.45) is 4.04. The van der Waals surface area contributed by atoms with Crippen molar-refractivity contribution in [2.45, 2.75) is 13.0 Å². The molecule has 0 aliphatic carbocycles. The van der Waals surface area contributed by atoms with Crippen LogP contribution in [0.2, 0.25) is 0 Å². The molecule has 0 saturated heterocycles. The lowest BCUT2D eigenvalue weighted by atomic mass is 10.1. The van der Waals surface area contributed by atoms with E-state index < -0.39 is 6.10 Å². The summed E-state index contributed by atoms with van der Waals surface area (Å²) in [6.45, 7) is 1.90. The van der Waals surface area contributed by atoms with Gasteiger partial charge in [-0.3, -0.25) is 4.98 Å². The molecule has 0 aliphatic heterocycles. The lowest BCUT2D eigenvalue weighted by Gasteiger charge is -2.08. The first-order valence-electron chi connectivity index (χ1n) is 4.65. The van der Waals surface area contributed by atoms with Crippen molar-refractivity contribution in [2.24, 2.45) is 0 Å². The molecule has 0 spiro atoms. The molecule has 2 aromatic heterocycles. The first-order valence-corrected chi connectivity index (χ1v) is 4.65. The molecular formula is C11H11N3O. The molecule has 0 amide bonds. The van der Waals surface area contributed by atoms with Crippen LogP contribution in [0.1, 0.15) is 23.2 Å². The first kappa shape index (κ1) is 9.73. The van der Waals surface area contributed by atoms with Crippen LogP contribution in [0.25, 0.3) is 0 Å². The van der Waals surface area contributed by atoms with E-state index in [0.717, 1.165) is 5.69 Å². The lowest BCUT2D eigenvalue weighted by molar-refractivity contribution is 0.209. The van der Waals surface area contributed by atoms with Crippen LogP contribution in [0, 0.1) is 6.92 Å². The van der Waals surface area contributed by atoms with Gasteiger partial charge in [-0.2, -0.15) is 0 Å². The van der Waals surface area contributed by atoms with E-state index in [-0.39, 0.29) is 0 Å². The van der Waals surface area contributed by atoms with Gasteiger partial charge in [0, 0.05) is 29.8 Å². The van der Waals surface area contributed by atoms with Gasteiger partial charge in [0.2, 0.25) is 0 Å². The number of hydrogen-bond donors (Lipinski definition) is 1. The lowest BCUT2D eigenvalue weighted by Crippen LogP contribution is -2.04. The van der Waals surface area contributed by atoms with Gasteiger partial charge in [-0.1, -0.05) is 6.07 Å². The fourth-order valence-corrected chi connectivity index (χ4v) is 1.24. The van der Waals surface area contributed by atoms with E-state index in [2.05, 4.69) is 15.0 Å². The number of pyridine rings is 1. The summed E-state index contributed by atoms with van der Waals surface area (Å²) in [6, 6.07) is 5.38. The topological polar surface area (TPSA) is 58.9 Å². The van der Waals surface area contributed by atoms with Crippen LogP contribution < -0.4 is 0 Å². The fraction of sp³-hybridized carbons (Fsp3) is 0.182. The Morgan fingerprint density at radius 3 is 2.47 bits per heavy atom. The number of rotatable bonds is 2. The Kier molecular flexibility index (Phi) is 2.69. The number of aliphatic hydroxyl groups excluding tert-OH is 1. The fourth-order valence-electron chi connectivity index (χ4n) is 1.24. The summed E-state index contributed by atoms with van der Waals surface area (Å²) in [5, 5.41) is 9.92. The minimum absolute atomic E-state index is 0.392. The van der Waals surface area contributed by atoms with Gasteiger partial charge in [-0.05, 0) is 19.1 Å². The predicted molar refractivity (Wildman–Crippen MR) is 55.1 cm³/mol. The molecule has 1 atom stereocenters. The number of nitrogens with zero attached hydrogens (tertiary/aromatic N) is 3. The van der Waals surface area contributed by atoms with Gasteiger partial charge >= 0.3 is 0 Å². The molecule has 0 fully saturated rings. The molecule has 4 heteroatoms. The van der Waals surface area contributed by atoms with E-state index in [1.54, 1.807) is 24.7 Å². The highest BCUT2D eigenvalue weighted by atomic mass is 16.3. The third kappa shape index (κ3) is 2.16. The molecule has 1 N–H and O–H groups in total. The van der Waals surface area contributed by atoms with E-state index in [9.17, 15) is 5.11 Å². The van der Waals surface area contributed by atoms with Gasteiger partial charge in [0.15, 0.2) is 5.82 Å². The molecular weight excluding hydrogens is 190 g/mol. The number of hydrogen-bond acceptors (Lipinski definition) is 4. The Labute approximate surface area is 87.7 Å². The summed E-state index contributed by atoms with van der Waals surface area (Å²) < 4.78 is 0. The number of aromatic nitrogens is 3. The predicted octanol–water partition coefficient (Wildman–Crippen LogP) is 1.26. The summed E-state index contributed by atoms with van der Waals surface area (Å²) in [7, 11) is 0. The molecule has 2 heterocycles. The molecule has 76 valence electrons. The molecule has 15 heavy (non-hydrogen) atoms. The number of aryl methyl sites for hydroxylation is 1. The maximum atomic E-state index is 9.92. The molecule has 4 nitrogen and oxygen atoms in total. The Morgan fingerprint density at radius 1 is 1.13 bits per heavy atom. The van der Waals surface area contributed by atoms with E-state index in [4.69, 9.17) is 0 Å². The third-order valence-corrected chi connectivity index (χ3v) is 2.08. The molecule has 0 aliphatic rings. The maximum absolute atomic E-state index is 9.92. The second-order valence-corrected chi connectivity index (χ2v) is 3.24. The van der Waals surface area contributed by atoms with Gasteiger partial charge in [0.25, 0.3) is 0 Å². The van der Waals surface area contributed by atoms with E-state index in [1.165, 1.54) is 0 Å². The van der Waals surface area contributed by atoms with Crippen molar-refractivity contribution in [3.8, 4) is 0 Å². The highest BCUT2D eigenvalue weighted by molar-refractivity contribution is 5.20. The molecule has 0 radical (unpaired) electrons. The zero-order chi connectivity index (χ0) is 10.7. The zero-order valence-corrected chi connectivity index (χ0v) is 8.33. The van der Waals surface area contributed by atoms with Crippen molar-refractivity contribution >= 4 is 0 Å². The van der Waals surface area contributed by atoms with Crippen LogP contribution in [-0.2, 0) is 0 Å². The number of aliphatic hydroxyl groups is 1. The molecule has 1 unspecified atom stereocenters. The third-order valence-electron chi connectivity index (χ3n) is 2.08. The normalized spacial score (nSPS) is 12.4. The van der Waals surface area contributed by atoms with Gasteiger partial charge < -0.3 is 5.11 Å². The first-order chi connectivity index (χ1) is 7.27. The van der Waals surface area contributed by atoms with E-state index in [0.29, 0.717) is 11.4 Å². The second kappa shape index (κ2) is 4.14. The van der Waals surface area contributed by atoms with Gasteiger partial charge in [0.1, 0.15) is 6.10 Å². The van der Waals surface area contributed by atoms with Crippen LogP contribution in [-0.4, -0.2) is 20.1 Å². The molecule has 2 aromatic rings. The Balaban J connectivity index is 2.29. The second-order valence-electron chi connectivity index (χ2n) is 3.24. The molecule has 0 bridgehead atoms. The van der Waals surface area contributed by atoms with Crippen LogP contribution >= 0.6 is 0 Å². The Hall–Kier alpha value is -1.81. The van der Waals surface area contributed by atoms with Crippen LogP contribution in [0.4, 0.5) is 0 Å². The van der Waals surface area contributed by atoms with E-state index >= 15 is 0 Å². The zero-order valence-electron chi connectivity index (χ0n) is 8.33. The summed E-state index contributed by atoms with van der Waals surface area (Å²) in [5.41, 5.74) is 1.62. The van der Waals surface area contributed by atoms with Crippen molar-refractivity contribution in [1.82, 2.24) is 15.0 Å². The van der Waals surface area contributed by atoms with Crippen LogP contribution in [0.5, 0.6) is 0 Å². The van der Waals surface area contributed by atoms with E-state index in [1.807, 2.05) is 19.1 Å². The van der Waals surface area contributed by atoms with Crippen molar-refractivity contribution in [2.75, 3.05) is 0 Å². The van der Waals surface area contributed by atoms with Gasteiger partial charge in [-0.25, -0.2) is 9.97 Å². The Morgan fingerprint density at radius 2 is 1.87 bits per heavy atom. The maximum Gasteiger partial charge on any atom is 0.161 e. The molecule has 2 rings (SSSR count). The van der Waals surface area contributed by atoms with Crippen molar-refractivity contribution < 1.29 is 5.11 Å².